The Balaban J connectivity index is 2.78. The van der Waals surface area contributed by atoms with Gasteiger partial charge in [-0.3, -0.25) is 0 Å². The van der Waals surface area contributed by atoms with Crippen LogP contribution in [0.15, 0.2) is 18.2 Å². The van der Waals surface area contributed by atoms with Gasteiger partial charge in [0.05, 0.1) is 5.60 Å². The predicted octanol–water partition coefficient (Wildman–Crippen LogP) is 4.59. The fourth-order valence-corrected chi connectivity index (χ4v) is 2.61. The Labute approximate surface area is 126 Å². The summed E-state index contributed by atoms with van der Waals surface area (Å²) in [6.07, 6.45) is 2.38. The average Bonchev–Trinajstić information content (AvgIpc) is 2.41. The van der Waals surface area contributed by atoms with Crippen LogP contribution in [0.2, 0.25) is 10.0 Å². The maximum atomic E-state index is 10.3. The van der Waals surface area contributed by atoms with Crippen molar-refractivity contribution in [2.45, 2.75) is 51.7 Å². The molecule has 0 amide bonds. The standard InChI is InChI=1S/C15H23Cl2NO/c1-4-14(18-10-15(19,5-2)6-3)12-8-7-11(16)9-13(12)17/h7-9,14,18-19H,4-6,10H2,1-3H3. The SMILES string of the molecule is CCC(NCC(O)(CC)CC)c1ccc(Cl)cc1Cl. The Kier molecular flexibility index (Phi) is 6.61. The van der Waals surface area contributed by atoms with Crippen molar-refractivity contribution in [3.8, 4) is 0 Å². The van der Waals surface area contributed by atoms with E-state index in [1.54, 1.807) is 6.07 Å². The minimum absolute atomic E-state index is 0.134. The van der Waals surface area contributed by atoms with Crippen LogP contribution in [0.1, 0.15) is 51.6 Å². The molecule has 0 aliphatic heterocycles. The smallest absolute Gasteiger partial charge is 0.0766 e. The van der Waals surface area contributed by atoms with Crippen LogP contribution >= 0.6 is 23.2 Å². The molecule has 0 aliphatic carbocycles. The molecule has 0 fully saturated rings. The van der Waals surface area contributed by atoms with Crippen molar-refractivity contribution in [2.24, 2.45) is 0 Å². The third-order valence-corrected chi connectivity index (χ3v) is 4.30. The molecule has 0 spiro atoms. The lowest BCUT2D eigenvalue weighted by Crippen LogP contribution is -2.40. The molecule has 1 aromatic rings. The Hall–Kier alpha value is -0.280. The quantitative estimate of drug-likeness (QED) is 0.772. The largest absolute Gasteiger partial charge is 0.389 e. The first-order valence-electron chi connectivity index (χ1n) is 6.86. The number of halogens is 2. The maximum Gasteiger partial charge on any atom is 0.0766 e. The lowest BCUT2D eigenvalue weighted by atomic mass is 9.96. The Morgan fingerprint density at radius 1 is 1.21 bits per heavy atom. The monoisotopic (exact) mass is 303 g/mol. The number of aliphatic hydroxyl groups is 1. The van der Waals surface area contributed by atoms with E-state index in [4.69, 9.17) is 23.2 Å². The van der Waals surface area contributed by atoms with Gasteiger partial charge in [-0.25, -0.2) is 0 Å². The van der Waals surface area contributed by atoms with Crippen molar-refractivity contribution in [1.82, 2.24) is 5.32 Å². The van der Waals surface area contributed by atoms with E-state index in [9.17, 15) is 5.11 Å². The zero-order valence-electron chi connectivity index (χ0n) is 11.8. The van der Waals surface area contributed by atoms with E-state index in [0.29, 0.717) is 16.6 Å². The van der Waals surface area contributed by atoms with Crippen molar-refractivity contribution in [3.63, 3.8) is 0 Å². The van der Waals surface area contributed by atoms with Crippen LogP contribution in [0.25, 0.3) is 0 Å². The molecule has 0 radical (unpaired) electrons. The van der Waals surface area contributed by atoms with Crippen molar-refractivity contribution in [2.75, 3.05) is 6.54 Å². The first-order valence-corrected chi connectivity index (χ1v) is 7.62. The van der Waals surface area contributed by atoms with E-state index in [0.717, 1.165) is 24.8 Å². The van der Waals surface area contributed by atoms with Gasteiger partial charge in [0, 0.05) is 22.6 Å². The molecule has 1 rings (SSSR count). The molecule has 2 N–H and O–H groups in total. The summed E-state index contributed by atoms with van der Waals surface area (Å²) in [7, 11) is 0. The van der Waals surface area contributed by atoms with Gasteiger partial charge in [-0.15, -0.1) is 0 Å². The molecular formula is C15H23Cl2NO. The molecule has 0 bridgehead atoms. The van der Waals surface area contributed by atoms with Gasteiger partial charge in [0.2, 0.25) is 0 Å². The van der Waals surface area contributed by atoms with E-state index < -0.39 is 5.60 Å². The molecule has 2 nitrogen and oxygen atoms in total. The van der Waals surface area contributed by atoms with Crippen molar-refractivity contribution >= 4 is 23.2 Å². The van der Waals surface area contributed by atoms with E-state index in [1.165, 1.54) is 0 Å². The summed E-state index contributed by atoms with van der Waals surface area (Å²) in [5.74, 6) is 0. The second kappa shape index (κ2) is 7.49. The first-order chi connectivity index (χ1) is 8.95. The fraction of sp³-hybridized carbons (Fsp3) is 0.600. The summed E-state index contributed by atoms with van der Waals surface area (Å²) in [5.41, 5.74) is 0.384. The lowest BCUT2D eigenvalue weighted by molar-refractivity contribution is 0.0297. The van der Waals surface area contributed by atoms with Gasteiger partial charge in [0.1, 0.15) is 0 Å². The van der Waals surface area contributed by atoms with Crippen LogP contribution in [0.3, 0.4) is 0 Å². The summed E-state index contributed by atoms with van der Waals surface area (Å²) >= 11 is 12.1. The second-order valence-corrected chi connectivity index (χ2v) is 5.78. The van der Waals surface area contributed by atoms with Crippen LogP contribution in [0.5, 0.6) is 0 Å². The van der Waals surface area contributed by atoms with Gasteiger partial charge in [0.15, 0.2) is 0 Å². The zero-order valence-corrected chi connectivity index (χ0v) is 13.4. The number of rotatable bonds is 7. The number of hydrogen-bond acceptors (Lipinski definition) is 2. The molecule has 0 saturated carbocycles. The Morgan fingerprint density at radius 3 is 2.32 bits per heavy atom. The summed E-state index contributed by atoms with van der Waals surface area (Å²) in [6.45, 7) is 6.67. The highest BCUT2D eigenvalue weighted by Gasteiger charge is 2.24. The van der Waals surface area contributed by atoms with Crippen molar-refractivity contribution < 1.29 is 5.11 Å². The Morgan fingerprint density at radius 2 is 1.84 bits per heavy atom. The molecule has 1 aromatic carbocycles. The minimum atomic E-state index is -0.647. The van der Waals surface area contributed by atoms with Crippen LogP contribution in [-0.2, 0) is 0 Å². The summed E-state index contributed by atoms with van der Waals surface area (Å²) in [5, 5.41) is 15.0. The highest BCUT2D eigenvalue weighted by molar-refractivity contribution is 6.35. The van der Waals surface area contributed by atoms with Gasteiger partial charge in [0.25, 0.3) is 0 Å². The predicted molar refractivity (Wildman–Crippen MR) is 83.0 cm³/mol. The molecule has 0 aliphatic rings. The molecule has 1 unspecified atom stereocenters. The molecule has 4 heteroatoms. The fourth-order valence-electron chi connectivity index (χ4n) is 2.07. The molecule has 108 valence electrons. The summed E-state index contributed by atoms with van der Waals surface area (Å²) in [6, 6.07) is 5.69. The Bertz CT molecular complexity index is 405. The topological polar surface area (TPSA) is 32.3 Å². The zero-order chi connectivity index (χ0) is 14.5. The molecule has 0 heterocycles. The minimum Gasteiger partial charge on any atom is -0.389 e. The van der Waals surface area contributed by atoms with E-state index in [-0.39, 0.29) is 6.04 Å². The number of hydrogen-bond donors (Lipinski definition) is 2. The number of benzene rings is 1. The van der Waals surface area contributed by atoms with Crippen molar-refractivity contribution in [1.29, 1.82) is 0 Å². The number of nitrogens with one attached hydrogen (secondary N) is 1. The maximum absolute atomic E-state index is 10.3. The van der Waals surface area contributed by atoms with Crippen LogP contribution in [-0.4, -0.2) is 17.3 Å². The van der Waals surface area contributed by atoms with Crippen molar-refractivity contribution in [3.05, 3.63) is 33.8 Å². The molecule has 19 heavy (non-hydrogen) atoms. The van der Waals surface area contributed by atoms with Gasteiger partial charge < -0.3 is 10.4 Å². The van der Waals surface area contributed by atoms with Gasteiger partial charge in [-0.2, -0.15) is 0 Å². The molecule has 0 saturated heterocycles. The summed E-state index contributed by atoms with van der Waals surface area (Å²) < 4.78 is 0. The molecule has 1 atom stereocenters. The molecular weight excluding hydrogens is 281 g/mol. The normalized spacial score (nSPS) is 13.6. The summed E-state index contributed by atoms with van der Waals surface area (Å²) in [4.78, 5) is 0. The second-order valence-electron chi connectivity index (χ2n) is 4.94. The average molecular weight is 304 g/mol. The highest BCUT2D eigenvalue weighted by Crippen LogP contribution is 2.28. The van der Waals surface area contributed by atoms with E-state index >= 15 is 0 Å². The first kappa shape index (κ1) is 16.8. The van der Waals surface area contributed by atoms with Crippen LogP contribution < -0.4 is 5.32 Å². The van der Waals surface area contributed by atoms with Gasteiger partial charge in [-0.05, 0) is 37.0 Å². The van der Waals surface area contributed by atoms with Crippen LogP contribution in [0, 0.1) is 0 Å². The highest BCUT2D eigenvalue weighted by atomic mass is 35.5. The third-order valence-electron chi connectivity index (χ3n) is 3.74. The van der Waals surface area contributed by atoms with Gasteiger partial charge >= 0.3 is 0 Å². The van der Waals surface area contributed by atoms with E-state index in [2.05, 4.69) is 12.2 Å². The van der Waals surface area contributed by atoms with Gasteiger partial charge in [-0.1, -0.05) is 50.0 Å². The third kappa shape index (κ3) is 4.64. The lowest BCUT2D eigenvalue weighted by Gasteiger charge is -2.29. The van der Waals surface area contributed by atoms with Crippen LogP contribution in [0.4, 0.5) is 0 Å². The molecule has 0 aromatic heterocycles. The van der Waals surface area contributed by atoms with E-state index in [1.807, 2.05) is 26.0 Å².